The van der Waals surface area contributed by atoms with Gasteiger partial charge in [0.15, 0.2) is 0 Å². The van der Waals surface area contributed by atoms with Crippen LogP contribution in [0.15, 0.2) is 30.6 Å². The lowest BCUT2D eigenvalue weighted by Crippen LogP contribution is -2.65. The maximum Gasteiger partial charge on any atom is 0.257 e. The van der Waals surface area contributed by atoms with Crippen LogP contribution in [0.3, 0.4) is 0 Å². The molecule has 0 bridgehead atoms. The number of aromatic nitrogens is 2. The number of β-amino-alcohol motifs (C(OH)–C–C–N with tert-alkyl or cyclic N) is 1. The van der Waals surface area contributed by atoms with Gasteiger partial charge >= 0.3 is 0 Å². The molecule has 0 aromatic carbocycles. The smallest absolute Gasteiger partial charge is 0.257 e. The van der Waals surface area contributed by atoms with Crippen molar-refractivity contribution in [1.29, 1.82) is 0 Å². The highest BCUT2D eigenvalue weighted by molar-refractivity contribution is 6.01. The van der Waals surface area contributed by atoms with Gasteiger partial charge in [-0.1, -0.05) is 19.9 Å². The van der Waals surface area contributed by atoms with Crippen LogP contribution in [-0.2, 0) is 0 Å². The summed E-state index contributed by atoms with van der Waals surface area (Å²) in [6.07, 6.45) is 3.40. The Morgan fingerprint density at radius 3 is 2.84 bits per heavy atom. The minimum atomic E-state index is -0.737. The van der Waals surface area contributed by atoms with E-state index in [0.717, 1.165) is 5.52 Å². The molecule has 2 aromatic heterocycles. The average molecular weight is 259 g/mol. The Kier molecular flexibility index (Phi) is 2.60. The summed E-state index contributed by atoms with van der Waals surface area (Å²) in [4.78, 5) is 14.0. The second kappa shape index (κ2) is 4.06. The molecule has 5 heteroatoms. The molecular formula is C14H17N3O2. The third-order valence-electron chi connectivity index (χ3n) is 3.95. The van der Waals surface area contributed by atoms with E-state index in [0.29, 0.717) is 18.7 Å². The molecule has 0 radical (unpaired) electrons. The van der Waals surface area contributed by atoms with Gasteiger partial charge in [0, 0.05) is 6.20 Å². The topological polar surface area (TPSA) is 57.8 Å². The fourth-order valence-corrected chi connectivity index (χ4v) is 2.39. The van der Waals surface area contributed by atoms with Crippen molar-refractivity contribution in [2.45, 2.75) is 19.4 Å². The number of carbonyl (C=O) groups excluding carboxylic acids is 1. The summed E-state index contributed by atoms with van der Waals surface area (Å²) in [5.74, 6) is 0.0898. The maximum absolute atomic E-state index is 12.4. The first-order chi connectivity index (χ1) is 9.01. The third kappa shape index (κ3) is 1.81. The zero-order valence-corrected chi connectivity index (χ0v) is 11.1. The number of aliphatic hydroxyl groups is 1. The number of likely N-dealkylation sites (tertiary alicyclic amines) is 1. The number of amides is 1. The van der Waals surface area contributed by atoms with E-state index in [9.17, 15) is 9.90 Å². The Labute approximate surface area is 111 Å². The molecule has 1 saturated heterocycles. The lowest BCUT2D eigenvalue weighted by atomic mass is 9.82. The summed E-state index contributed by atoms with van der Waals surface area (Å²) in [5, 5.41) is 14.4. The van der Waals surface area contributed by atoms with Crippen molar-refractivity contribution in [3.05, 3.63) is 36.2 Å². The Bertz CT molecular complexity index is 626. The van der Waals surface area contributed by atoms with Crippen LogP contribution in [0, 0.1) is 5.92 Å². The maximum atomic E-state index is 12.4. The Morgan fingerprint density at radius 2 is 2.16 bits per heavy atom. The average Bonchev–Trinajstić information content (AvgIpc) is 2.77. The van der Waals surface area contributed by atoms with Gasteiger partial charge in [0.1, 0.15) is 5.60 Å². The molecule has 1 aliphatic rings. The van der Waals surface area contributed by atoms with Crippen LogP contribution in [0.4, 0.5) is 0 Å². The van der Waals surface area contributed by atoms with Gasteiger partial charge in [-0.25, -0.2) is 4.52 Å². The molecule has 0 atom stereocenters. The molecule has 0 saturated carbocycles. The van der Waals surface area contributed by atoms with Crippen molar-refractivity contribution in [3.63, 3.8) is 0 Å². The fraction of sp³-hybridized carbons (Fsp3) is 0.429. The van der Waals surface area contributed by atoms with Crippen LogP contribution < -0.4 is 0 Å². The summed E-state index contributed by atoms with van der Waals surface area (Å²) in [5.41, 5.74) is 0.650. The van der Waals surface area contributed by atoms with Gasteiger partial charge in [0.2, 0.25) is 0 Å². The van der Waals surface area contributed by atoms with Gasteiger partial charge in [-0.05, 0) is 18.1 Å². The minimum Gasteiger partial charge on any atom is -0.386 e. The minimum absolute atomic E-state index is 0.0634. The van der Waals surface area contributed by atoms with Crippen LogP contribution in [0.5, 0.6) is 0 Å². The van der Waals surface area contributed by atoms with Gasteiger partial charge in [-0.2, -0.15) is 5.10 Å². The lowest BCUT2D eigenvalue weighted by Gasteiger charge is -2.48. The van der Waals surface area contributed by atoms with Crippen molar-refractivity contribution in [2.75, 3.05) is 13.1 Å². The van der Waals surface area contributed by atoms with Gasteiger partial charge in [-0.3, -0.25) is 4.79 Å². The van der Waals surface area contributed by atoms with E-state index in [-0.39, 0.29) is 11.8 Å². The van der Waals surface area contributed by atoms with E-state index in [2.05, 4.69) is 5.10 Å². The second-order valence-electron chi connectivity index (χ2n) is 5.51. The highest BCUT2D eigenvalue weighted by atomic mass is 16.3. The molecule has 100 valence electrons. The molecule has 2 aromatic rings. The largest absolute Gasteiger partial charge is 0.386 e. The number of fused-ring (bicyclic) bond motifs is 1. The van der Waals surface area contributed by atoms with E-state index >= 15 is 0 Å². The Hall–Kier alpha value is -1.88. The predicted molar refractivity (Wildman–Crippen MR) is 70.9 cm³/mol. The lowest BCUT2D eigenvalue weighted by molar-refractivity contribution is -0.110. The van der Waals surface area contributed by atoms with E-state index < -0.39 is 5.60 Å². The Balaban J connectivity index is 1.83. The second-order valence-corrected chi connectivity index (χ2v) is 5.51. The van der Waals surface area contributed by atoms with Gasteiger partial charge in [0.25, 0.3) is 5.91 Å². The van der Waals surface area contributed by atoms with Crippen LogP contribution in [0.25, 0.3) is 5.52 Å². The highest BCUT2D eigenvalue weighted by Crippen LogP contribution is 2.30. The first kappa shape index (κ1) is 12.2. The van der Waals surface area contributed by atoms with Gasteiger partial charge < -0.3 is 10.0 Å². The van der Waals surface area contributed by atoms with Crippen molar-refractivity contribution in [2.24, 2.45) is 5.92 Å². The highest BCUT2D eigenvalue weighted by Gasteiger charge is 2.46. The molecule has 1 amide bonds. The molecule has 1 fully saturated rings. The Morgan fingerprint density at radius 1 is 1.42 bits per heavy atom. The quantitative estimate of drug-likeness (QED) is 0.881. The van der Waals surface area contributed by atoms with E-state index in [1.165, 1.54) is 0 Å². The SMILES string of the molecule is CC(C)C1(O)CN(C(=O)c2cnn3ccccc23)C1. The number of nitrogens with zero attached hydrogens (tertiary/aromatic N) is 3. The number of pyridine rings is 1. The van der Waals surface area contributed by atoms with Gasteiger partial charge in [0.05, 0.1) is 30.4 Å². The van der Waals surface area contributed by atoms with Crippen molar-refractivity contribution >= 4 is 11.4 Å². The summed E-state index contributed by atoms with van der Waals surface area (Å²) in [6, 6.07) is 5.62. The number of hydrogen-bond acceptors (Lipinski definition) is 3. The summed E-state index contributed by atoms with van der Waals surface area (Å²) in [6.45, 7) is 4.73. The van der Waals surface area contributed by atoms with E-state index in [1.807, 2.05) is 38.2 Å². The van der Waals surface area contributed by atoms with Crippen LogP contribution in [0.1, 0.15) is 24.2 Å². The third-order valence-corrected chi connectivity index (χ3v) is 3.95. The van der Waals surface area contributed by atoms with Crippen LogP contribution in [0.2, 0.25) is 0 Å². The molecule has 5 nitrogen and oxygen atoms in total. The number of carbonyl (C=O) groups is 1. The van der Waals surface area contributed by atoms with Crippen molar-refractivity contribution in [3.8, 4) is 0 Å². The molecule has 0 spiro atoms. The molecule has 1 aliphatic heterocycles. The number of hydrogen-bond donors (Lipinski definition) is 1. The molecule has 3 rings (SSSR count). The molecule has 19 heavy (non-hydrogen) atoms. The standard InChI is InChI=1S/C14H17N3O2/c1-10(2)14(19)8-16(9-14)13(18)11-7-15-17-6-4-3-5-12(11)17/h3-7,10,19H,8-9H2,1-2H3. The zero-order chi connectivity index (χ0) is 13.6. The van der Waals surface area contributed by atoms with Crippen LogP contribution >= 0.6 is 0 Å². The first-order valence-electron chi connectivity index (χ1n) is 6.45. The monoisotopic (exact) mass is 259 g/mol. The van der Waals surface area contributed by atoms with Crippen LogP contribution in [-0.4, -0.2) is 44.2 Å². The predicted octanol–water partition coefficient (Wildman–Crippen LogP) is 1.18. The summed E-state index contributed by atoms with van der Waals surface area (Å²) in [7, 11) is 0. The molecule has 1 N–H and O–H groups in total. The number of rotatable bonds is 2. The van der Waals surface area contributed by atoms with Crippen molar-refractivity contribution in [1.82, 2.24) is 14.5 Å². The first-order valence-corrected chi connectivity index (χ1v) is 6.45. The molecular weight excluding hydrogens is 242 g/mol. The summed E-state index contributed by atoms with van der Waals surface area (Å²) >= 11 is 0. The molecule has 0 aliphatic carbocycles. The van der Waals surface area contributed by atoms with E-state index in [1.54, 1.807) is 15.6 Å². The summed E-state index contributed by atoms with van der Waals surface area (Å²) < 4.78 is 1.68. The fourth-order valence-electron chi connectivity index (χ4n) is 2.39. The molecule has 3 heterocycles. The van der Waals surface area contributed by atoms with Crippen molar-refractivity contribution < 1.29 is 9.90 Å². The van der Waals surface area contributed by atoms with Gasteiger partial charge in [-0.15, -0.1) is 0 Å². The van der Waals surface area contributed by atoms with E-state index in [4.69, 9.17) is 0 Å². The molecule has 0 unspecified atom stereocenters. The normalized spacial score (nSPS) is 17.8. The zero-order valence-electron chi connectivity index (χ0n) is 11.1.